The summed E-state index contributed by atoms with van der Waals surface area (Å²) in [5, 5.41) is 2.70. The van der Waals surface area contributed by atoms with E-state index in [-0.39, 0.29) is 11.9 Å². The lowest BCUT2D eigenvalue weighted by Crippen LogP contribution is -2.31. The van der Waals surface area contributed by atoms with Crippen molar-refractivity contribution in [1.29, 1.82) is 0 Å². The highest BCUT2D eigenvalue weighted by Crippen LogP contribution is 2.23. The first kappa shape index (κ1) is 12.4. The van der Waals surface area contributed by atoms with Gasteiger partial charge >= 0.3 is 6.03 Å². The second kappa shape index (κ2) is 4.68. The van der Waals surface area contributed by atoms with Crippen molar-refractivity contribution < 1.29 is 9.59 Å². The van der Waals surface area contributed by atoms with Crippen LogP contribution in [0.15, 0.2) is 24.3 Å². The van der Waals surface area contributed by atoms with E-state index >= 15 is 0 Å². The number of nitrogens with zero attached hydrogens (tertiary/aromatic N) is 1. The number of benzene rings is 1. The molecule has 0 aromatic heterocycles. The van der Waals surface area contributed by atoms with Crippen molar-refractivity contribution in [2.24, 2.45) is 5.92 Å². The molecule has 1 heterocycles. The molecule has 2 rings (SSSR count). The summed E-state index contributed by atoms with van der Waals surface area (Å²) < 4.78 is 0. The average Bonchev–Trinajstić information content (AvgIpc) is 2.53. The molecule has 1 fully saturated rings. The molecule has 96 valence electrons. The van der Waals surface area contributed by atoms with Gasteiger partial charge in [0.1, 0.15) is 6.04 Å². The topological polar surface area (TPSA) is 75.4 Å². The number of anilines is 2. The molecule has 1 saturated heterocycles. The van der Waals surface area contributed by atoms with Crippen LogP contribution < -0.4 is 16.0 Å². The van der Waals surface area contributed by atoms with Gasteiger partial charge in [-0.15, -0.1) is 0 Å². The number of hydrogen-bond acceptors (Lipinski definition) is 3. The molecule has 0 bridgehead atoms. The third kappa shape index (κ3) is 2.30. The Morgan fingerprint density at radius 1 is 1.39 bits per heavy atom. The van der Waals surface area contributed by atoms with Crippen LogP contribution in [-0.4, -0.2) is 18.0 Å². The first-order chi connectivity index (χ1) is 8.49. The number of imide groups is 1. The van der Waals surface area contributed by atoms with Crippen molar-refractivity contribution in [2.45, 2.75) is 26.3 Å². The molecular formula is C13H17N3O2. The van der Waals surface area contributed by atoms with Crippen LogP contribution >= 0.6 is 0 Å². The number of amides is 3. The Bertz CT molecular complexity index is 485. The number of nitrogen functional groups attached to an aromatic ring is 1. The molecule has 3 N–H and O–H groups in total. The fourth-order valence-corrected chi connectivity index (χ4v) is 2.07. The molecule has 0 spiro atoms. The van der Waals surface area contributed by atoms with Crippen LogP contribution in [-0.2, 0) is 4.79 Å². The Morgan fingerprint density at radius 3 is 2.72 bits per heavy atom. The van der Waals surface area contributed by atoms with E-state index in [1.165, 1.54) is 0 Å². The number of nitrogens with two attached hydrogens (primary N) is 1. The van der Waals surface area contributed by atoms with E-state index in [2.05, 4.69) is 5.32 Å². The largest absolute Gasteiger partial charge is 0.399 e. The maximum atomic E-state index is 12.2. The van der Waals surface area contributed by atoms with Gasteiger partial charge in [0.15, 0.2) is 0 Å². The summed E-state index contributed by atoms with van der Waals surface area (Å²) in [7, 11) is 0. The van der Waals surface area contributed by atoms with Crippen molar-refractivity contribution in [3.8, 4) is 0 Å². The fraction of sp³-hybridized carbons (Fsp3) is 0.385. The Kier molecular flexibility index (Phi) is 3.23. The van der Waals surface area contributed by atoms with E-state index in [0.717, 1.165) is 4.90 Å². The smallest absolute Gasteiger partial charge is 0.329 e. The average molecular weight is 247 g/mol. The lowest BCUT2D eigenvalue weighted by Gasteiger charge is -2.14. The minimum Gasteiger partial charge on any atom is -0.399 e. The lowest BCUT2D eigenvalue weighted by molar-refractivity contribution is -0.118. The summed E-state index contributed by atoms with van der Waals surface area (Å²) in [5.74, 6) is 0.138. The molecular weight excluding hydrogens is 230 g/mol. The molecule has 0 aliphatic carbocycles. The molecule has 0 unspecified atom stereocenters. The number of urea groups is 1. The summed E-state index contributed by atoms with van der Waals surface area (Å²) in [6.45, 7) is 4.03. The zero-order chi connectivity index (χ0) is 13.3. The van der Waals surface area contributed by atoms with E-state index in [4.69, 9.17) is 5.73 Å². The Balaban J connectivity index is 2.24. The van der Waals surface area contributed by atoms with Crippen molar-refractivity contribution in [2.75, 3.05) is 10.6 Å². The molecule has 1 aliphatic rings. The van der Waals surface area contributed by atoms with Gasteiger partial charge in [-0.05, 0) is 30.5 Å². The third-order valence-electron chi connectivity index (χ3n) is 2.85. The van der Waals surface area contributed by atoms with E-state index in [1.807, 2.05) is 13.8 Å². The standard InChI is InChI=1S/C13H17N3O2/c1-8(2)6-11-12(17)16(13(18)15-11)10-5-3-4-9(14)7-10/h3-5,7-8,11H,6,14H2,1-2H3,(H,15,18)/t11-/m1/s1. The van der Waals surface area contributed by atoms with Gasteiger partial charge in [0.05, 0.1) is 5.69 Å². The molecule has 5 heteroatoms. The number of rotatable bonds is 3. The maximum Gasteiger partial charge on any atom is 0.329 e. The molecule has 5 nitrogen and oxygen atoms in total. The van der Waals surface area contributed by atoms with Crippen molar-refractivity contribution in [3.63, 3.8) is 0 Å². The summed E-state index contributed by atoms with van der Waals surface area (Å²) >= 11 is 0. The summed E-state index contributed by atoms with van der Waals surface area (Å²) in [6, 6.07) is 5.95. The van der Waals surface area contributed by atoms with Crippen LogP contribution in [0.1, 0.15) is 20.3 Å². The SMILES string of the molecule is CC(C)C[C@H]1NC(=O)N(c2cccc(N)c2)C1=O. The Morgan fingerprint density at radius 2 is 2.11 bits per heavy atom. The summed E-state index contributed by atoms with van der Waals surface area (Å²) in [6.07, 6.45) is 0.642. The number of nitrogens with one attached hydrogen (secondary N) is 1. The van der Waals surface area contributed by atoms with Gasteiger partial charge in [-0.25, -0.2) is 9.69 Å². The number of carbonyl (C=O) groups excluding carboxylic acids is 2. The van der Waals surface area contributed by atoms with E-state index in [9.17, 15) is 9.59 Å². The monoisotopic (exact) mass is 247 g/mol. The van der Waals surface area contributed by atoms with Crippen molar-refractivity contribution >= 4 is 23.3 Å². The Labute approximate surface area is 106 Å². The van der Waals surface area contributed by atoms with Crippen LogP contribution in [0.3, 0.4) is 0 Å². The van der Waals surface area contributed by atoms with Crippen LogP contribution in [0.2, 0.25) is 0 Å². The predicted octanol–water partition coefficient (Wildman–Crippen LogP) is 1.74. The predicted molar refractivity (Wildman–Crippen MR) is 70.1 cm³/mol. The van der Waals surface area contributed by atoms with Crippen LogP contribution in [0.25, 0.3) is 0 Å². The van der Waals surface area contributed by atoms with Gasteiger partial charge in [-0.1, -0.05) is 19.9 Å². The molecule has 18 heavy (non-hydrogen) atoms. The number of carbonyl (C=O) groups is 2. The van der Waals surface area contributed by atoms with Crippen LogP contribution in [0.5, 0.6) is 0 Å². The van der Waals surface area contributed by atoms with E-state index in [0.29, 0.717) is 23.7 Å². The highest BCUT2D eigenvalue weighted by atomic mass is 16.2. The summed E-state index contributed by atoms with van der Waals surface area (Å²) in [4.78, 5) is 25.2. The minimum absolute atomic E-state index is 0.209. The number of hydrogen-bond donors (Lipinski definition) is 2. The second-order valence-corrected chi connectivity index (χ2v) is 4.90. The third-order valence-corrected chi connectivity index (χ3v) is 2.85. The normalized spacial score (nSPS) is 19.5. The first-order valence-electron chi connectivity index (χ1n) is 5.99. The molecule has 1 aromatic carbocycles. The second-order valence-electron chi connectivity index (χ2n) is 4.90. The van der Waals surface area contributed by atoms with Crippen molar-refractivity contribution in [1.82, 2.24) is 5.32 Å². The van der Waals surface area contributed by atoms with Gasteiger partial charge in [0.25, 0.3) is 5.91 Å². The quantitative estimate of drug-likeness (QED) is 0.631. The van der Waals surface area contributed by atoms with Gasteiger partial charge in [-0.2, -0.15) is 0 Å². The van der Waals surface area contributed by atoms with Gasteiger partial charge in [-0.3, -0.25) is 4.79 Å². The molecule has 0 radical (unpaired) electrons. The summed E-state index contributed by atoms with van der Waals surface area (Å²) in [5.41, 5.74) is 6.71. The van der Waals surface area contributed by atoms with E-state index in [1.54, 1.807) is 24.3 Å². The molecule has 1 atom stereocenters. The highest BCUT2D eigenvalue weighted by molar-refractivity contribution is 6.21. The van der Waals surface area contributed by atoms with Gasteiger partial charge in [0.2, 0.25) is 0 Å². The lowest BCUT2D eigenvalue weighted by atomic mass is 10.0. The molecule has 1 aromatic rings. The van der Waals surface area contributed by atoms with Crippen molar-refractivity contribution in [3.05, 3.63) is 24.3 Å². The zero-order valence-electron chi connectivity index (χ0n) is 10.5. The highest BCUT2D eigenvalue weighted by Gasteiger charge is 2.39. The minimum atomic E-state index is -0.432. The van der Waals surface area contributed by atoms with Gasteiger partial charge < -0.3 is 11.1 Å². The first-order valence-corrected chi connectivity index (χ1v) is 5.99. The molecule has 0 saturated carbocycles. The molecule has 1 aliphatic heterocycles. The zero-order valence-corrected chi connectivity index (χ0v) is 10.5. The van der Waals surface area contributed by atoms with Gasteiger partial charge in [0, 0.05) is 5.69 Å². The Hall–Kier alpha value is -2.04. The van der Waals surface area contributed by atoms with Crippen LogP contribution in [0, 0.1) is 5.92 Å². The maximum absolute atomic E-state index is 12.2. The van der Waals surface area contributed by atoms with E-state index < -0.39 is 6.04 Å². The molecule has 3 amide bonds. The fourth-order valence-electron chi connectivity index (χ4n) is 2.07. The van der Waals surface area contributed by atoms with Crippen LogP contribution in [0.4, 0.5) is 16.2 Å².